The van der Waals surface area contributed by atoms with Crippen LogP contribution >= 0.6 is 0 Å². The smallest absolute Gasteiger partial charge is 0.228 e. The highest BCUT2D eigenvalue weighted by molar-refractivity contribution is 5.95. The zero-order valence-electron chi connectivity index (χ0n) is 13.9. The van der Waals surface area contributed by atoms with Gasteiger partial charge in [-0.25, -0.2) is 0 Å². The van der Waals surface area contributed by atoms with E-state index in [0.717, 1.165) is 22.7 Å². The molecule has 0 aromatic heterocycles. The van der Waals surface area contributed by atoms with Crippen LogP contribution in [0.15, 0.2) is 48.5 Å². The van der Waals surface area contributed by atoms with E-state index in [1.807, 2.05) is 48.5 Å². The number of methoxy groups -OCH3 is 2. The molecule has 1 heterocycles. The quantitative estimate of drug-likeness (QED) is 0.938. The first-order valence-corrected chi connectivity index (χ1v) is 7.96. The Bertz CT molecular complexity index is 698. The van der Waals surface area contributed by atoms with Crippen LogP contribution in [0.4, 0.5) is 5.69 Å². The minimum Gasteiger partial charge on any atom is -0.497 e. The summed E-state index contributed by atoms with van der Waals surface area (Å²) in [7, 11) is 3.27. The van der Waals surface area contributed by atoms with Crippen molar-refractivity contribution in [3.05, 3.63) is 54.1 Å². The summed E-state index contributed by atoms with van der Waals surface area (Å²) in [5.41, 5.74) is 8.25. The van der Waals surface area contributed by atoms with Gasteiger partial charge in [0.2, 0.25) is 5.91 Å². The number of piperidine rings is 1. The van der Waals surface area contributed by atoms with E-state index in [4.69, 9.17) is 15.2 Å². The number of carbonyl (C=O) groups excluding carboxylic acids is 1. The average molecular weight is 326 g/mol. The Kier molecular flexibility index (Phi) is 4.71. The maximum Gasteiger partial charge on any atom is 0.228 e. The number of amides is 1. The molecule has 1 aliphatic rings. The molecule has 5 heteroatoms. The molecule has 0 bridgehead atoms. The van der Waals surface area contributed by atoms with Crippen LogP contribution < -0.4 is 20.1 Å². The fourth-order valence-corrected chi connectivity index (χ4v) is 3.10. The van der Waals surface area contributed by atoms with E-state index in [9.17, 15) is 4.79 Å². The van der Waals surface area contributed by atoms with Gasteiger partial charge in [0.1, 0.15) is 11.5 Å². The highest BCUT2D eigenvalue weighted by Crippen LogP contribution is 2.31. The van der Waals surface area contributed by atoms with Crippen molar-refractivity contribution < 1.29 is 14.3 Å². The first-order valence-electron chi connectivity index (χ1n) is 7.96. The van der Waals surface area contributed by atoms with Gasteiger partial charge in [0, 0.05) is 30.6 Å². The van der Waals surface area contributed by atoms with Crippen molar-refractivity contribution in [2.24, 2.45) is 5.73 Å². The predicted octanol–water partition coefficient (Wildman–Crippen LogP) is 2.55. The molecule has 5 nitrogen and oxygen atoms in total. The summed E-state index contributed by atoms with van der Waals surface area (Å²) in [6.45, 7) is 0.568. The van der Waals surface area contributed by atoms with E-state index < -0.39 is 0 Å². The maximum atomic E-state index is 12.4. The highest BCUT2D eigenvalue weighted by atomic mass is 16.5. The molecule has 126 valence electrons. The molecule has 2 aromatic rings. The monoisotopic (exact) mass is 326 g/mol. The van der Waals surface area contributed by atoms with Crippen molar-refractivity contribution in [3.8, 4) is 11.5 Å². The zero-order valence-corrected chi connectivity index (χ0v) is 13.9. The number of rotatable bonds is 4. The Labute approximate surface area is 142 Å². The van der Waals surface area contributed by atoms with Crippen LogP contribution in [0, 0.1) is 0 Å². The van der Waals surface area contributed by atoms with Crippen LogP contribution in [0.25, 0.3) is 0 Å². The maximum absolute atomic E-state index is 12.4. The minimum absolute atomic E-state index is 0.0532. The van der Waals surface area contributed by atoms with Gasteiger partial charge in [0.25, 0.3) is 0 Å². The molecule has 1 saturated heterocycles. The Morgan fingerprint density at radius 3 is 2.04 bits per heavy atom. The van der Waals surface area contributed by atoms with Gasteiger partial charge in [-0.3, -0.25) is 4.79 Å². The van der Waals surface area contributed by atoms with Gasteiger partial charge in [-0.2, -0.15) is 0 Å². The first-order chi connectivity index (χ1) is 11.6. The number of hydrogen-bond acceptors (Lipinski definition) is 4. The van der Waals surface area contributed by atoms with Gasteiger partial charge in [-0.15, -0.1) is 0 Å². The third-order valence-electron chi connectivity index (χ3n) is 4.54. The van der Waals surface area contributed by atoms with Gasteiger partial charge >= 0.3 is 0 Å². The van der Waals surface area contributed by atoms with Crippen molar-refractivity contribution >= 4 is 11.6 Å². The molecular weight excluding hydrogens is 304 g/mol. The lowest BCUT2D eigenvalue weighted by molar-refractivity contribution is -0.120. The molecule has 0 aliphatic carbocycles. The minimum atomic E-state index is -0.180. The third-order valence-corrected chi connectivity index (χ3v) is 4.54. The second-order valence-corrected chi connectivity index (χ2v) is 5.95. The van der Waals surface area contributed by atoms with E-state index in [1.54, 1.807) is 19.1 Å². The number of nitrogens with zero attached hydrogens (tertiary/aromatic N) is 1. The normalized spacial score (nSPS) is 20.8. The molecule has 24 heavy (non-hydrogen) atoms. The Balaban J connectivity index is 1.84. The summed E-state index contributed by atoms with van der Waals surface area (Å²) in [6, 6.07) is 15.2. The van der Waals surface area contributed by atoms with Crippen LogP contribution in [0.1, 0.15) is 17.9 Å². The SMILES string of the molecule is COc1ccc(C2CN(c3ccc(OC)cc3)C(=O)C[C@H]2N)cc1. The van der Waals surface area contributed by atoms with E-state index in [2.05, 4.69) is 0 Å². The summed E-state index contributed by atoms with van der Waals surface area (Å²) < 4.78 is 10.4. The zero-order chi connectivity index (χ0) is 17.1. The average Bonchev–Trinajstić information content (AvgIpc) is 2.62. The number of ether oxygens (including phenoxy) is 2. The van der Waals surface area contributed by atoms with Crippen LogP contribution in [0.2, 0.25) is 0 Å². The molecule has 3 rings (SSSR count). The topological polar surface area (TPSA) is 64.8 Å². The lowest BCUT2D eigenvalue weighted by atomic mass is 9.86. The molecule has 2 N–H and O–H groups in total. The molecule has 2 atom stereocenters. The number of hydrogen-bond donors (Lipinski definition) is 1. The predicted molar refractivity (Wildman–Crippen MR) is 93.7 cm³/mol. The molecule has 0 radical (unpaired) electrons. The van der Waals surface area contributed by atoms with Gasteiger partial charge in [0.05, 0.1) is 14.2 Å². The molecule has 1 fully saturated rings. The summed E-state index contributed by atoms with van der Waals surface area (Å²) in [5.74, 6) is 1.73. The van der Waals surface area contributed by atoms with E-state index >= 15 is 0 Å². The standard InChI is InChI=1S/C19H22N2O3/c1-23-15-7-3-13(4-8-15)17-12-21(19(22)11-18(17)20)14-5-9-16(24-2)10-6-14/h3-10,17-18H,11-12,20H2,1-2H3/t17?,18-/m1/s1. The number of anilines is 1. The molecule has 1 aliphatic heterocycles. The van der Waals surface area contributed by atoms with E-state index in [-0.39, 0.29) is 17.9 Å². The lowest BCUT2D eigenvalue weighted by Crippen LogP contribution is -2.49. The molecule has 2 aromatic carbocycles. The Hall–Kier alpha value is -2.53. The van der Waals surface area contributed by atoms with Crippen molar-refractivity contribution in [1.29, 1.82) is 0 Å². The highest BCUT2D eigenvalue weighted by Gasteiger charge is 2.33. The summed E-state index contributed by atoms with van der Waals surface area (Å²) in [5, 5.41) is 0. The van der Waals surface area contributed by atoms with Crippen LogP contribution in [-0.4, -0.2) is 32.7 Å². The molecular formula is C19H22N2O3. The summed E-state index contributed by atoms with van der Waals surface area (Å²) in [4.78, 5) is 14.2. The lowest BCUT2D eigenvalue weighted by Gasteiger charge is -2.37. The van der Waals surface area contributed by atoms with Crippen molar-refractivity contribution in [2.45, 2.75) is 18.4 Å². The van der Waals surface area contributed by atoms with Crippen LogP contribution in [0.5, 0.6) is 11.5 Å². The van der Waals surface area contributed by atoms with Crippen molar-refractivity contribution in [1.82, 2.24) is 0 Å². The summed E-state index contributed by atoms with van der Waals surface area (Å²) >= 11 is 0. The first kappa shape index (κ1) is 16.3. The summed E-state index contributed by atoms with van der Waals surface area (Å²) in [6.07, 6.45) is 0.336. The Morgan fingerprint density at radius 1 is 0.958 bits per heavy atom. The number of benzene rings is 2. The molecule has 1 amide bonds. The Morgan fingerprint density at radius 2 is 1.50 bits per heavy atom. The van der Waals surface area contributed by atoms with Crippen LogP contribution in [0.3, 0.4) is 0 Å². The fourth-order valence-electron chi connectivity index (χ4n) is 3.10. The van der Waals surface area contributed by atoms with E-state index in [0.29, 0.717) is 13.0 Å². The second kappa shape index (κ2) is 6.93. The molecule has 0 spiro atoms. The molecule has 1 unspecified atom stereocenters. The number of nitrogens with two attached hydrogens (primary N) is 1. The largest absolute Gasteiger partial charge is 0.497 e. The fraction of sp³-hybridized carbons (Fsp3) is 0.316. The number of carbonyl (C=O) groups is 1. The van der Waals surface area contributed by atoms with E-state index in [1.165, 1.54) is 0 Å². The van der Waals surface area contributed by atoms with Crippen molar-refractivity contribution in [2.75, 3.05) is 25.7 Å². The second-order valence-electron chi connectivity index (χ2n) is 5.95. The van der Waals surface area contributed by atoms with Gasteiger partial charge in [-0.05, 0) is 42.0 Å². The van der Waals surface area contributed by atoms with Gasteiger partial charge in [-0.1, -0.05) is 12.1 Å². The van der Waals surface area contributed by atoms with Gasteiger partial charge in [0.15, 0.2) is 0 Å². The van der Waals surface area contributed by atoms with Crippen molar-refractivity contribution in [3.63, 3.8) is 0 Å². The third kappa shape index (κ3) is 3.21. The molecule has 0 saturated carbocycles. The van der Waals surface area contributed by atoms with Gasteiger partial charge < -0.3 is 20.1 Å². The van der Waals surface area contributed by atoms with Crippen LogP contribution in [-0.2, 0) is 4.79 Å².